The Morgan fingerprint density at radius 2 is 1.81 bits per heavy atom. The summed E-state index contributed by atoms with van der Waals surface area (Å²) in [4.78, 5) is 0.758. The first-order valence-corrected chi connectivity index (χ1v) is 10.3. The lowest BCUT2D eigenvalue weighted by Crippen LogP contribution is -2.56. The minimum atomic E-state index is -1.62. The first-order chi connectivity index (χ1) is 14.8. The second kappa shape index (κ2) is 8.73. The average Bonchev–Trinajstić information content (AvgIpc) is 3.13. The Morgan fingerprint density at radius 3 is 2.48 bits per heavy atom. The van der Waals surface area contributed by atoms with Crippen molar-refractivity contribution < 1.29 is 38.7 Å². The third-order valence-electron chi connectivity index (χ3n) is 5.27. The lowest BCUT2D eigenvalue weighted by molar-refractivity contribution is -0.250. The van der Waals surface area contributed by atoms with Crippen LogP contribution in [0.5, 0.6) is 5.75 Å². The van der Waals surface area contributed by atoms with Crippen LogP contribution < -0.4 is 4.74 Å². The second-order valence-electron chi connectivity index (χ2n) is 7.15. The quantitative estimate of drug-likeness (QED) is 0.469. The van der Waals surface area contributed by atoms with E-state index in [1.54, 1.807) is 12.1 Å². The van der Waals surface area contributed by atoms with Crippen molar-refractivity contribution in [2.24, 2.45) is 0 Å². The lowest BCUT2D eigenvalue weighted by Gasteiger charge is -2.40. The summed E-state index contributed by atoms with van der Waals surface area (Å²) in [5, 5.41) is 40.5. The van der Waals surface area contributed by atoms with E-state index in [2.05, 4.69) is 0 Å². The van der Waals surface area contributed by atoms with Crippen molar-refractivity contribution in [3.63, 3.8) is 0 Å². The zero-order chi connectivity index (χ0) is 22.3. The number of halogens is 2. The summed E-state index contributed by atoms with van der Waals surface area (Å²) >= 11 is 1.05. The molecule has 1 aliphatic heterocycles. The molecule has 1 saturated heterocycles. The molecule has 10 heteroatoms. The van der Waals surface area contributed by atoms with E-state index in [0.717, 1.165) is 11.8 Å². The number of hydrogen-bond donors (Lipinski definition) is 4. The first kappa shape index (κ1) is 22.0. The summed E-state index contributed by atoms with van der Waals surface area (Å²) in [5.74, 6) is -0.775. The minimum Gasteiger partial charge on any atom is -0.497 e. The molecule has 1 fully saturated rings. The van der Waals surface area contributed by atoms with Gasteiger partial charge in [0.25, 0.3) is 0 Å². The Hall–Kier alpha value is -2.21. The Balaban J connectivity index is 1.79. The Kier molecular flexibility index (Phi) is 6.20. The molecule has 1 aromatic heterocycles. The molecular weight excluding hydrogens is 432 g/mol. The molecule has 2 heterocycles. The van der Waals surface area contributed by atoms with E-state index < -0.39 is 48.9 Å². The van der Waals surface area contributed by atoms with E-state index in [0.29, 0.717) is 16.0 Å². The van der Waals surface area contributed by atoms with Crippen LogP contribution in [0.4, 0.5) is 8.78 Å². The molecule has 0 aliphatic carbocycles. The van der Waals surface area contributed by atoms with Crippen molar-refractivity contribution in [1.82, 2.24) is 4.57 Å². The van der Waals surface area contributed by atoms with E-state index in [-0.39, 0.29) is 10.4 Å². The standard InChI is InChI=1S/C21H21F2NO6S/c1-29-10-5-6-15(13(23)7-10)31-16-8-24(17-11(16)3-2-4-12(17)22)21-20(28)19(27)18(26)14(9-25)30-21/h2-8,14,18-21,25-28H,9H2,1H3/t14-,18-,19+,20-,21-/m1/s1. The highest BCUT2D eigenvalue weighted by Crippen LogP contribution is 2.41. The van der Waals surface area contributed by atoms with Crippen molar-refractivity contribution in [1.29, 1.82) is 0 Å². The molecular formula is C21H21F2NO6S. The van der Waals surface area contributed by atoms with E-state index in [1.807, 2.05) is 0 Å². The number of nitrogens with zero attached hydrogens (tertiary/aromatic N) is 1. The SMILES string of the molecule is COc1ccc(Sc2cn([C@@H]3O[C@H](CO)[C@@H](O)[C@H](O)[C@H]3O)c3c(F)cccc23)c(F)c1. The van der Waals surface area contributed by atoms with Crippen LogP contribution in [0.2, 0.25) is 0 Å². The molecule has 2 aromatic carbocycles. The average molecular weight is 453 g/mol. The van der Waals surface area contributed by atoms with Crippen LogP contribution in [-0.4, -0.2) is 63.1 Å². The van der Waals surface area contributed by atoms with Gasteiger partial charge in [0.15, 0.2) is 6.23 Å². The van der Waals surface area contributed by atoms with Gasteiger partial charge in [-0.1, -0.05) is 23.9 Å². The Bertz CT molecular complexity index is 1090. The van der Waals surface area contributed by atoms with Crippen molar-refractivity contribution >= 4 is 22.7 Å². The highest BCUT2D eigenvalue weighted by molar-refractivity contribution is 7.99. The zero-order valence-electron chi connectivity index (χ0n) is 16.4. The number of benzene rings is 2. The normalized spacial score (nSPS) is 26.4. The van der Waals surface area contributed by atoms with E-state index in [1.165, 1.54) is 42.1 Å². The van der Waals surface area contributed by atoms with Crippen molar-refractivity contribution in [2.45, 2.75) is 40.4 Å². The van der Waals surface area contributed by atoms with Gasteiger partial charge in [-0.2, -0.15) is 0 Å². The number of rotatable bonds is 5. The molecule has 0 unspecified atom stereocenters. The van der Waals surface area contributed by atoms with Gasteiger partial charge in [0.05, 0.1) is 19.2 Å². The summed E-state index contributed by atoms with van der Waals surface area (Å²) in [6.45, 7) is -0.609. The van der Waals surface area contributed by atoms with E-state index in [9.17, 15) is 29.2 Å². The molecule has 4 N–H and O–H groups in total. The maximum Gasteiger partial charge on any atom is 0.163 e. The first-order valence-electron chi connectivity index (χ1n) is 9.46. The largest absolute Gasteiger partial charge is 0.497 e. The molecule has 7 nitrogen and oxygen atoms in total. The molecule has 4 rings (SSSR count). The van der Waals surface area contributed by atoms with Gasteiger partial charge in [-0.05, 0) is 18.2 Å². The number of fused-ring (bicyclic) bond motifs is 1. The van der Waals surface area contributed by atoms with Gasteiger partial charge >= 0.3 is 0 Å². The second-order valence-corrected chi connectivity index (χ2v) is 8.24. The number of hydrogen-bond acceptors (Lipinski definition) is 7. The van der Waals surface area contributed by atoms with Crippen LogP contribution in [0.15, 0.2) is 52.4 Å². The summed E-state index contributed by atoms with van der Waals surface area (Å²) in [6.07, 6.45) is -5.70. The van der Waals surface area contributed by atoms with Crippen molar-refractivity contribution in [2.75, 3.05) is 13.7 Å². The number of methoxy groups -OCH3 is 1. The molecule has 3 aromatic rings. The van der Waals surface area contributed by atoms with Crippen LogP contribution in [-0.2, 0) is 4.74 Å². The topological polar surface area (TPSA) is 104 Å². The van der Waals surface area contributed by atoms with Gasteiger partial charge in [0.1, 0.15) is 41.8 Å². The van der Waals surface area contributed by atoms with Gasteiger partial charge < -0.3 is 34.5 Å². The van der Waals surface area contributed by atoms with Crippen LogP contribution >= 0.6 is 11.8 Å². The molecule has 0 spiro atoms. The molecule has 0 amide bonds. The Morgan fingerprint density at radius 1 is 1.03 bits per heavy atom. The molecule has 1 aliphatic rings. The minimum absolute atomic E-state index is 0.0725. The summed E-state index contributed by atoms with van der Waals surface area (Å²) < 4.78 is 41.2. The smallest absolute Gasteiger partial charge is 0.163 e. The highest BCUT2D eigenvalue weighted by Gasteiger charge is 2.44. The fourth-order valence-corrected chi connectivity index (χ4v) is 4.61. The van der Waals surface area contributed by atoms with Crippen molar-refractivity contribution in [3.05, 3.63) is 54.2 Å². The molecule has 5 atom stereocenters. The van der Waals surface area contributed by atoms with Crippen LogP contribution in [0, 0.1) is 11.6 Å². The van der Waals surface area contributed by atoms with Gasteiger partial charge in [-0.15, -0.1) is 0 Å². The molecule has 0 radical (unpaired) electrons. The van der Waals surface area contributed by atoms with E-state index >= 15 is 0 Å². The number of aliphatic hydroxyl groups is 4. The summed E-state index contributed by atoms with van der Waals surface area (Å²) in [5.41, 5.74) is 0.0725. The third-order valence-corrected chi connectivity index (χ3v) is 6.36. The van der Waals surface area contributed by atoms with Gasteiger partial charge in [0.2, 0.25) is 0 Å². The third kappa shape index (κ3) is 3.91. The van der Waals surface area contributed by atoms with Crippen LogP contribution in [0.25, 0.3) is 10.9 Å². The van der Waals surface area contributed by atoms with Crippen LogP contribution in [0.3, 0.4) is 0 Å². The molecule has 0 bridgehead atoms. The van der Waals surface area contributed by atoms with Gasteiger partial charge in [-0.25, -0.2) is 8.78 Å². The maximum absolute atomic E-state index is 14.8. The van der Waals surface area contributed by atoms with E-state index in [4.69, 9.17) is 9.47 Å². The Labute approximate surface area is 180 Å². The fraction of sp³-hybridized carbons (Fsp3) is 0.333. The summed E-state index contributed by atoms with van der Waals surface area (Å²) in [7, 11) is 1.43. The van der Waals surface area contributed by atoms with Crippen LogP contribution in [0.1, 0.15) is 6.23 Å². The number of ether oxygens (including phenoxy) is 2. The predicted octanol–water partition coefficient (Wildman–Crippen LogP) is 2.05. The zero-order valence-corrected chi connectivity index (χ0v) is 17.2. The fourth-order valence-electron chi connectivity index (χ4n) is 3.64. The molecule has 31 heavy (non-hydrogen) atoms. The number of para-hydroxylation sites is 1. The number of aliphatic hydroxyl groups excluding tert-OH is 4. The predicted molar refractivity (Wildman–Crippen MR) is 108 cm³/mol. The number of aromatic nitrogens is 1. The lowest BCUT2D eigenvalue weighted by atomic mass is 9.98. The molecule has 0 saturated carbocycles. The maximum atomic E-state index is 14.8. The van der Waals surface area contributed by atoms with Gasteiger partial charge in [0, 0.05) is 27.4 Å². The highest BCUT2D eigenvalue weighted by atomic mass is 32.2. The molecule has 166 valence electrons. The monoisotopic (exact) mass is 453 g/mol. The summed E-state index contributed by atoms with van der Waals surface area (Å²) in [6, 6.07) is 8.75. The van der Waals surface area contributed by atoms with Crippen molar-refractivity contribution in [3.8, 4) is 5.75 Å². The van der Waals surface area contributed by atoms with Gasteiger partial charge in [-0.3, -0.25) is 0 Å².